The fourth-order valence-electron chi connectivity index (χ4n) is 3.67. The molecule has 6 nitrogen and oxygen atoms in total. The van der Waals surface area contributed by atoms with Crippen molar-refractivity contribution in [1.29, 1.82) is 0 Å². The number of nitrogens with zero attached hydrogens (tertiary/aromatic N) is 3. The molecule has 0 aliphatic heterocycles. The van der Waals surface area contributed by atoms with E-state index in [1.807, 2.05) is 12.1 Å². The molecule has 2 N–H and O–H groups in total. The second-order valence-electron chi connectivity index (χ2n) is 7.70. The minimum Gasteiger partial charge on any atom is -0.330 e. The van der Waals surface area contributed by atoms with E-state index >= 15 is 0 Å². The number of hydrogen-bond acceptors (Lipinski definition) is 8. The predicted octanol–water partition coefficient (Wildman–Crippen LogP) is 5.31. The standard InChI is InChI=1S/C21H21N5OS3/c1-11-3-6-13(7-4-11)22-20-25-26-21(30-20)28-10-16-23-18(27)17-14-8-5-12(2)9-15(14)29-19(17)24-16/h3-4,6-7,12H,5,8-10H2,1-2H3,(H,22,25)(H,23,24,27). The third-order valence-corrected chi connectivity index (χ3v) is 8.39. The van der Waals surface area contributed by atoms with Crippen molar-refractivity contribution < 1.29 is 0 Å². The molecule has 0 saturated heterocycles. The summed E-state index contributed by atoms with van der Waals surface area (Å²) >= 11 is 4.71. The molecular formula is C21H21N5OS3. The second-order valence-corrected chi connectivity index (χ2v) is 11.0. The first-order chi connectivity index (χ1) is 14.5. The van der Waals surface area contributed by atoms with Gasteiger partial charge in [-0.25, -0.2) is 4.98 Å². The van der Waals surface area contributed by atoms with Gasteiger partial charge in [-0.2, -0.15) is 0 Å². The van der Waals surface area contributed by atoms with Crippen molar-refractivity contribution in [1.82, 2.24) is 20.2 Å². The molecule has 0 spiro atoms. The topological polar surface area (TPSA) is 83.6 Å². The van der Waals surface area contributed by atoms with Gasteiger partial charge < -0.3 is 10.3 Å². The van der Waals surface area contributed by atoms with Gasteiger partial charge in [0, 0.05) is 10.6 Å². The highest BCUT2D eigenvalue weighted by Crippen LogP contribution is 2.36. The highest BCUT2D eigenvalue weighted by molar-refractivity contribution is 8.00. The van der Waals surface area contributed by atoms with Crippen LogP contribution in [0.5, 0.6) is 0 Å². The molecule has 30 heavy (non-hydrogen) atoms. The Hall–Kier alpha value is -2.23. The first-order valence-corrected chi connectivity index (χ1v) is 12.5. The van der Waals surface area contributed by atoms with Gasteiger partial charge in [0.05, 0.1) is 11.1 Å². The molecule has 0 bridgehead atoms. The number of anilines is 2. The Kier molecular flexibility index (Phi) is 5.34. The van der Waals surface area contributed by atoms with Crippen LogP contribution < -0.4 is 10.9 Å². The number of aromatic amines is 1. The summed E-state index contributed by atoms with van der Waals surface area (Å²) in [5.41, 5.74) is 3.41. The van der Waals surface area contributed by atoms with Crippen LogP contribution in [0.1, 0.15) is 35.2 Å². The zero-order chi connectivity index (χ0) is 20.7. The number of nitrogens with one attached hydrogen (secondary N) is 2. The van der Waals surface area contributed by atoms with Crippen LogP contribution in [0.15, 0.2) is 33.4 Å². The molecular weight excluding hydrogens is 434 g/mol. The molecule has 0 radical (unpaired) electrons. The molecule has 5 rings (SSSR count). The second kappa shape index (κ2) is 8.13. The maximum Gasteiger partial charge on any atom is 0.259 e. The van der Waals surface area contributed by atoms with Crippen molar-refractivity contribution in [3.63, 3.8) is 0 Å². The molecule has 1 aliphatic rings. The summed E-state index contributed by atoms with van der Waals surface area (Å²) in [4.78, 5) is 22.7. The van der Waals surface area contributed by atoms with Crippen molar-refractivity contribution in [2.45, 2.75) is 43.2 Å². The van der Waals surface area contributed by atoms with E-state index < -0.39 is 0 Å². The van der Waals surface area contributed by atoms with Gasteiger partial charge in [0.15, 0.2) is 4.34 Å². The maximum absolute atomic E-state index is 12.7. The van der Waals surface area contributed by atoms with Crippen molar-refractivity contribution in [3.8, 4) is 0 Å². The first kappa shape index (κ1) is 19.7. The van der Waals surface area contributed by atoms with Gasteiger partial charge in [-0.1, -0.05) is 47.7 Å². The molecule has 1 atom stereocenters. The van der Waals surface area contributed by atoms with Crippen LogP contribution in [-0.4, -0.2) is 20.2 Å². The number of aromatic nitrogens is 4. The van der Waals surface area contributed by atoms with E-state index in [1.54, 1.807) is 11.3 Å². The summed E-state index contributed by atoms with van der Waals surface area (Å²) < 4.78 is 0.839. The zero-order valence-electron chi connectivity index (χ0n) is 16.7. The van der Waals surface area contributed by atoms with Gasteiger partial charge in [-0.15, -0.1) is 21.5 Å². The number of benzene rings is 1. The van der Waals surface area contributed by atoms with Crippen molar-refractivity contribution in [2.75, 3.05) is 5.32 Å². The van der Waals surface area contributed by atoms with Crippen molar-refractivity contribution in [2.24, 2.45) is 5.92 Å². The summed E-state index contributed by atoms with van der Waals surface area (Å²) in [5, 5.41) is 13.3. The summed E-state index contributed by atoms with van der Waals surface area (Å²) in [6.07, 6.45) is 3.18. The van der Waals surface area contributed by atoms with E-state index in [-0.39, 0.29) is 5.56 Å². The maximum atomic E-state index is 12.7. The number of thioether (sulfide) groups is 1. The third kappa shape index (κ3) is 4.01. The summed E-state index contributed by atoms with van der Waals surface area (Å²) in [6.45, 7) is 4.34. The molecule has 1 aliphatic carbocycles. The molecule has 3 aromatic heterocycles. The van der Waals surface area contributed by atoms with Crippen molar-refractivity contribution in [3.05, 3.63) is 56.4 Å². The van der Waals surface area contributed by atoms with Crippen molar-refractivity contribution >= 4 is 55.5 Å². The highest BCUT2D eigenvalue weighted by atomic mass is 32.2. The third-order valence-electron chi connectivity index (χ3n) is 5.26. The molecule has 154 valence electrons. The lowest BCUT2D eigenvalue weighted by Gasteiger charge is -2.17. The van der Waals surface area contributed by atoms with Crippen LogP contribution in [0, 0.1) is 12.8 Å². The SMILES string of the molecule is Cc1ccc(Nc2nnc(SCc3nc4sc5c(c4c(=O)[nH]3)CCC(C)C5)s2)cc1. The monoisotopic (exact) mass is 455 g/mol. The van der Waals surface area contributed by atoms with E-state index in [4.69, 9.17) is 4.98 Å². The van der Waals surface area contributed by atoms with Gasteiger partial charge in [0.25, 0.3) is 5.56 Å². The van der Waals surface area contributed by atoms with Gasteiger partial charge >= 0.3 is 0 Å². The van der Waals surface area contributed by atoms with Crippen LogP contribution in [0.25, 0.3) is 10.2 Å². The number of fused-ring (bicyclic) bond motifs is 3. The first-order valence-electron chi connectivity index (χ1n) is 9.88. The van der Waals surface area contributed by atoms with E-state index in [2.05, 4.69) is 46.5 Å². The average Bonchev–Trinajstić information content (AvgIpc) is 3.31. The van der Waals surface area contributed by atoms with E-state index in [0.717, 1.165) is 44.6 Å². The summed E-state index contributed by atoms with van der Waals surface area (Å²) in [6, 6.07) is 8.16. The van der Waals surface area contributed by atoms with Crippen LogP contribution >= 0.6 is 34.4 Å². The smallest absolute Gasteiger partial charge is 0.259 e. The molecule has 0 amide bonds. The van der Waals surface area contributed by atoms with Gasteiger partial charge in [0.1, 0.15) is 10.7 Å². The zero-order valence-corrected chi connectivity index (χ0v) is 19.1. The molecule has 0 saturated carbocycles. The lowest BCUT2D eigenvalue weighted by Crippen LogP contribution is -2.14. The minimum atomic E-state index is -0.0124. The Morgan fingerprint density at radius 1 is 1.23 bits per heavy atom. The predicted molar refractivity (Wildman–Crippen MR) is 125 cm³/mol. The number of aryl methyl sites for hydroxylation is 2. The van der Waals surface area contributed by atoms with Crippen LogP contribution in [0.2, 0.25) is 0 Å². The molecule has 0 fully saturated rings. The molecule has 4 aromatic rings. The van der Waals surface area contributed by atoms with Gasteiger partial charge in [-0.3, -0.25) is 4.79 Å². The highest BCUT2D eigenvalue weighted by Gasteiger charge is 2.23. The Bertz CT molecular complexity index is 1260. The molecule has 1 aromatic carbocycles. The number of H-pyrrole nitrogens is 1. The Balaban J connectivity index is 1.30. The normalized spacial score (nSPS) is 16.0. The number of thiophene rings is 1. The lowest BCUT2D eigenvalue weighted by atomic mass is 9.89. The molecule has 3 heterocycles. The summed E-state index contributed by atoms with van der Waals surface area (Å²) in [5.74, 6) is 1.93. The quantitative estimate of drug-likeness (QED) is 0.397. The van der Waals surface area contributed by atoms with Gasteiger partial charge in [0.2, 0.25) is 5.13 Å². The fourth-order valence-corrected chi connectivity index (χ4v) is 6.72. The van der Waals surface area contributed by atoms with Crippen LogP contribution in [0.3, 0.4) is 0 Å². The Morgan fingerprint density at radius 2 is 2.07 bits per heavy atom. The number of hydrogen-bond donors (Lipinski definition) is 2. The Morgan fingerprint density at radius 3 is 2.90 bits per heavy atom. The average molecular weight is 456 g/mol. The van der Waals surface area contributed by atoms with E-state index in [1.165, 1.54) is 39.1 Å². The Labute approximate surface area is 186 Å². The largest absolute Gasteiger partial charge is 0.330 e. The number of rotatable bonds is 5. The van der Waals surface area contributed by atoms with E-state index in [9.17, 15) is 4.79 Å². The van der Waals surface area contributed by atoms with E-state index in [0.29, 0.717) is 17.5 Å². The summed E-state index contributed by atoms with van der Waals surface area (Å²) in [7, 11) is 0. The lowest BCUT2D eigenvalue weighted by molar-refractivity contribution is 0.509. The molecule has 9 heteroatoms. The molecule has 1 unspecified atom stereocenters. The fraction of sp³-hybridized carbons (Fsp3) is 0.333. The van der Waals surface area contributed by atoms with Crippen LogP contribution in [0.4, 0.5) is 10.8 Å². The van der Waals surface area contributed by atoms with Crippen LogP contribution in [-0.2, 0) is 18.6 Å². The van der Waals surface area contributed by atoms with Gasteiger partial charge in [-0.05, 0) is 49.8 Å². The minimum absolute atomic E-state index is 0.0124.